The van der Waals surface area contributed by atoms with Crippen LogP contribution in [-0.4, -0.2) is 46.8 Å². The Morgan fingerprint density at radius 1 is 1.15 bits per heavy atom. The van der Waals surface area contributed by atoms with Gasteiger partial charge in [-0.15, -0.1) is 12.4 Å². The summed E-state index contributed by atoms with van der Waals surface area (Å²) >= 11 is 6.13. The molecule has 1 saturated heterocycles. The largest absolute Gasteiger partial charge is 0.463 e. The zero-order chi connectivity index (χ0) is 17.9. The highest BCUT2D eigenvalue weighted by Crippen LogP contribution is 2.26. The predicted octanol–water partition coefficient (Wildman–Crippen LogP) is 3.64. The fourth-order valence-electron chi connectivity index (χ4n) is 3.10. The maximum atomic E-state index is 13.0. The Kier molecular flexibility index (Phi) is 6.21. The first-order valence-electron chi connectivity index (χ1n) is 8.62. The summed E-state index contributed by atoms with van der Waals surface area (Å²) in [4.78, 5) is 14.8. The van der Waals surface area contributed by atoms with Crippen molar-refractivity contribution in [3.63, 3.8) is 0 Å². The maximum absolute atomic E-state index is 13.0. The molecule has 3 aromatic rings. The lowest BCUT2D eigenvalue weighted by atomic mass is 10.2. The number of nitrogens with one attached hydrogen (secondary N) is 1. The molecule has 3 heterocycles. The van der Waals surface area contributed by atoms with Crippen molar-refractivity contribution in [3.05, 3.63) is 59.4 Å². The Balaban J connectivity index is 0.00000210. The molecule has 27 heavy (non-hydrogen) atoms. The lowest BCUT2D eigenvalue weighted by Crippen LogP contribution is -2.34. The van der Waals surface area contributed by atoms with Crippen molar-refractivity contribution in [1.29, 1.82) is 0 Å². The minimum absolute atomic E-state index is 0. The molecule has 1 amide bonds. The van der Waals surface area contributed by atoms with Gasteiger partial charge < -0.3 is 14.6 Å². The summed E-state index contributed by atoms with van der Waals surface area (Å²) < 4.78 is 7.24. The molecule has 0 atom stereocenters. The molecule has 1 aliphatic rings. The molecule has 1 fully saturated rings. The number of furan rings is 1. The summed E-state index contributed by atoms with van der Waals surface area (Å²) in [7, 11) is 0. The monoisotopic (exact) mass is 406 g/mol. The average molecular weight is 407 g/mol. The molecule has 0 radical (unpaired) electrons. The van der Waals surface area contributed by atoms with E-state index in [1.165, 1.54) is 0 Å². The van der Waals surface area contributed by atoms with Crippen molar-refractivity contribution in [3.8, 4) is 17.1 Å². The molecule has 6 nitrogen and oxygen atoms in total. The summed E-state index contributed by atoms with van der Waals surface area (Å²) in [5, 5.41) is 8.48. The summed E-state index contributed by atoms with van der Waals surface area (Å²) in [6.07, 6.45) is 2.54. The smallest absolute Gasteiger partial charge is 0.274 e. The first-order valence-corrected chi connectivity index (χ1v) is 9.00. The van der Waals surface area contributed by atoms with E-state index in [2.05, 4.69) is 10.4 Å². The number of hydrogen-bond acceptors (Lipinski definition) is 4. The number of benzene rings is 1. The van der Waals surface area contributed by atoms with E-state index in [4.69, 9.17) is 16.0 Å². The Labute approximate surface area is 168 Å². The van der Waals surface area contributed by atoms with E-state index in [-0.39, 0.29) is 18.3 Å². The highest BCUT2D eigenvalue weighted by molar-refractivity contribution is 6.30. The van der Waals surface area contributed by atoms with Crippen LogP contribution in [0.5, 0.6) is 0 Å². The summed E-state index contributed by atoms with van der Waals surface area (Å²) in [5.41, 5.74) is 1.90. The van der Waals surface area contributed by atoms with Gasteiger partial charge in [-0.3, -0.25) is 4.79 Å². The van der Waals surface area contributed by atoms with Crippen molar-refractivity contribution >= 4 is 29.9 Å². The molecule has 0 bridgehead atoms. The van der Waals surface area contributed by atoms with E-state index in [1.54, 1.807) is 23.1 Å². The minimum atomic E-state index is -0.0673. The number of nitrogens with zero attached hydrogens (tertiary/aromatic N) is 3. The highest BCUT2D eigenvalue weighted by atomic mass is 35.5. The van der Waals surface area contributed by atoms with Crippen molar-refractivity contribution in [2.24, 2.45) is 0 Å². The van der Waals surface area contributed by atoms with E-state index in [9.17, 15) is 4.79 Å². The Morgan fingerprint density at radius 2 is 2.04 bits per heavy atom. The van der Waals surface area contributed by atoms with Crippen LogP contribution in [0.3, 0.4) is 0 Å². The maximum Gasteiger partial charge on any atom is 0.274 e. The fraction of sp³-hybridized carbons (Fsp3) is 0.263. The highest BCUT2D eigenvalue weighted by Gasteiger charge is 2.23. The van der Waals surface area contributed by atoms with Crippen LogP contribution in [-0.2, 0) is 0 Å². The topological polar surface area (TPSA) is 63.3 Å². The number of carbonyl (C=O) groups is 1. The summed E-state index contributed by atoms with van der Waals surface area (Å²) in [5.74, 6) is 0.580. The fourth-order valence-corrected chi connectivity index (χ4v) is 3.29. The van der Waals surface area contributed by atoms with Gasteiger partial charge in [0.2, 0.25) is 0 Å². The van der Waals surface area contributed by atoms with Crippen molar-refractivity contribution in [2.45, 2.75) is 6.42 Å². The molecule has 1 aromatic carbocycles. The van der Waals surface area contributed by atoms with Crippen LogP contribution in [0.4, 0.5) is 0 Å². The average Bonchev–Trinajstić information content (AvgIpc) is 3.25. The quantitative estimate of drug-likeness (QED) is 0.720. The molecule has 1 N–H and O–H groups in total. The Morgan fingerprint density at radius 3 is 2.81 bits per heavy atom. The number of amides is 1. The van der Waals surface area contributed by atoms with Crippen molar-refractivity contribution < 1.29 is 9.21 Å². The molecule has 0 spiro atoms. The van der Waals surface area contributed by atoms with Crippen LogP contribution in [0.15, 0.2) is 53.1 Å². The molecular weight excluding hydrogens is 387 g/mol. The third-order valence-electron chi connectivity index (χ3n) is 4.38. The van der Waals surface area contributed by atoms with Gasteiger partial charge in [0.25, 0.3) is 5.91 Å². The molecule has 4 rings (SSSR count). The third kappa shape index (κ3) is 4.18. The molecule has 8 heteroatoms. The van der Waals surface area contributed by atoms with Crippen LogP contribution in [0.25, 0.3) is 17.1 Å². The second kappa shape index (κ2) is 8.61. The van der Waals surface area contributed by atoms with Crippen molar-refractivity contribution in [2.75, 3.05) is 26.2 Å². The van der Waals surface area contributed by atoms with Crippen LogP contribution < -0.4 is 5.32 Å². The first kappa shape index (κ1) is 19.5. The van der Waals surface area contributed by atoms with Gasteiger partial charge in [-0.2, -0.15) is 5.10 Å². The number of rotatable bonds is 3. The normalized spacial score (nSPS) is 14.5. The van der Waals surface area contributed by atoms with Gasteiger partial charge in [0, 0.05) is 30.7 Å². The van der Waals surface area contributed by atoms with Gasteiger partial charge in [-0.1, -0.05) is 17.7 Å². The molecule has 0 saturated carbocycles. The van der Waals surface area contributed by atoms with E-state index >= 15 is 0 Å². The van der Waals surface area contributed by atoms with E-state index in [1.807, 2.05) is 35.2 Å². The van der Waals surface area contributed by atoms with E-state index in [0.29, 0.717) is 28.7 Å². The zero-order valence-electron chi connectivity index (χ0n) is 14.6. The van der Waals surface area contributed by atoms with Gasteiger partial charge in [0.15, 0.2) is 11.5 Å². The second-order valence-electron chi connectivity index (χ2n) is 6.18. The Bertz CT molecular complexity index is 900. The third-order valence-corrected chi connectivity index (χ3v) is 4.62. The molecule has 2 aromatic heterocycles. The van der Waals surface area contributed by atoms with Gasteiger partial charge in [-0.05, 0) is 43.3 Å². The molecule has 1 aliphatic heterocycles. The van der Waals surface area contributed by atoms with Gasteiger partial charge in [0.1, 0.15) is 5.69 Å². The lowest BCUT2D eigenvalue weighted by Gasteiger charge is -2.18. The van der Waals surface area contributed by atoms with E-state index < -0.39 is 0 Å². The first-order chi connectivity index (χ1) is 12.7. The standard InChI is InChI=1S/C19H19ClN4O2.ClH/c20-14-4-1-5-15(12-14)24-17(18-6-2-11-26-18)13-16(22-24)19(25)23-9-3-7-21-8-10-23;/h1-2,4-6,11-13,21H,3,7-10H2;1H. The molecule has 142 valence electrons. The Hall–Kier alpha value is -2.28. The second-order valence-corrected chi connectivity index (χ2v) is 6.62. The lowest BCUT2D eigenvalue weighted by molar-refractivity contribution is 0.0760. The van der Waals surface area contributed by atoms with Crippen LogP contribution in [0.2, 0.25) is 5.02 Å². The van der Waals surface area contributed by atoms with E-state index in [0.717, 1.165) is 31.7 Å². The zero-order valence-corrected chi connectivity index (χ0v) is 16.2. The van der Waals surface area contributed by atoms with Gasteiger partial charge >= 0.3 is 0 Å². The minimum Gasteiger partial charge on any atom is -0.463 e. The van der Waals surface area contributed by atoms with Crippen LogP contribution in [0.1, 0.15) is 16.9 Å². The van der Waals surface area contributed by atoms with Crippen molar-refractivity contribution in [1.82, 2.24) is 20.0 Å². The summed E-state index contributed by atoms with van der Waals surface area (Å²) in [6, 6.07) is 12.8. The number of carbonyl (C=O) groups excluding carboxylic acids is 1. The van der Waals surface area contributed by atoms with Gasteiger partial charge in [0.05, 0.1) is 12.0 Å². The predicted molar refractivity (Wildman–Crippen MR) is 107 cm³/mol. The molecular formula is C19H20Cl2N4O2. The molecule has 0 aliphatic carbocycles. The van der Waals surface area contributed by atoms with Gasteiger partial charge in [-0.25, -0.2) is 4.68 Å². The SMILES string of the molecule is Cl.O=C(c1cc(-c2ccco2)n(-c2cccc(Cl)c2)n1)N1CCCNCC1. The van der Waals surface area contributed by atoms with Crippen LogP contribution >= 0.6 is 24.0 Å². The number of hydrogen-bond donors (Lipinski definition) is 1. The number of aromatic nitrogens is 2. The summed E-state index contributed by atoms with van der Waals surface area (Å²) in [6.45, 7) is 3.13. The molecule has 0 unspecified atom stereocenters. The van der Waals surface area contributed by atoms with Crippen LogP contribution in [0, 0.1) is 0 Å². The number of halogens is 2.